The fraction of sp³-hybridized carbons (Fsp3) is 0.333. The number of carbonyl (C=O) groups is 1. The molecule has 1 aliphatic heterocycles. The summed E-state index contributed by atoms with van der Waals surface area (Å²) in [5.74, 6) is -1.98. The maximum Gasteiger partial charge on any atom is 0.417 e. The summed E-state index contributed by atoms with van der Waals surface area (Å²) in [6.45, 7) is 5.71. The summed E-state index contributed by atoms with van der Waals surface area (Å²) in [4.78, 5) is 19.3. The molecule has 1 atom stereocenters. The summed E-state index contributed by atoms with van der Waals surface area (Å²) in [6.07, 6.45) is -2.08. The highest BCUT2D eigenvalue weighted by atomic mass is 35.5. The second kappa shape index (κ2) is 12.3. The van der Waals surface area contributed by atoms with Crippen LogP contribution in [0.1, 0.15) is 41.3 Å². The first-order valence-electron chi connectivity index (χ1n) is 12.6. The van der Waals surface area contributed by atoms with E-state index < -0.39 is 44.3 Å². The fourth-order valence-corrected chi connectivity index (χ4v) is 5.94. The normalized spacial score (nSPS) is 16.1. The third kappa shape index (κ3) is 7.53. The summed E-state index contributed by atoms with van der Waals surface area (Å²) in [7, 11) is -4.03. The Bertz CT molecular complexity index is 1550. The van der Waals surface area contributed by atoms with Gasteiger partial charge in [0.1, 0.15) is 17.3 Å². The molecule has 1 fully saturated rings. The number of halogens is 5. The number of ether oxygens (including phenoxy) is 1. The van der Waals surface area contributed by atoms with Crippen LogP contribution in [0.2, 0.25) is 5.02 Å². The molecule has 41 heavy (non-hydrogen) atoms. The molecular formula is C27H27ClF4N4O4S. The van der Waals surface area contributed by atoms with Crippen LogP contribution >= 0.6 is 11.6 Å². The predicted octanol–water partition coefficient (Wildman–Crippen LogP) is 6.01. The number of rotatable bonds is 9. The summed E-state index contributed by atoms with van der Waals surface area (Å²) in [6, 6.07) is 6.94. The number of benzene rings is 2. The zero-order chi connectivity index (χ0) is 29.9. The monoisotopic (exact) mass is 614 g/mol. The molecule has 2 aromatic carbocycles. The van der Waals surface area contributed by atoms with Crippen LogP contribution in [-0.4, -0.2) is 49.9 Å². The molecule has 0 saturated carbocycles. The molecule has 3 aromatic rings. The van der Waals surface area contributed by atoms with E-state index in [-0.39, 0.29) is 33.6 Å². The van der Waals surface area contributed by atoms with Crippen molar-refractivity contribution >= 4 is 33.2 Å². The van der Waals surface area contributed by atoms with E-state index in [0.717, 1.165) is 43.8 Å². The van der Waals surface area contributed by atoms with Gasteiger partial charge < -0.3 is 15.0 Å². The van der Waals surface area contributed by atoms with Crippen LogP contribution in [0.15, 0.2) is 53.7 Å². The molecule has 1 saturated heterocycles. The fourth-order valence-electron chi connectivity index (χ4n) is 4.44. The number of pyridine rings is 1. The van der Waals surface area contributed by atoms with Gasteiger partial charge in [0.2, 0.25) is 0 Å². The van der Waals surface area contributed by atoms with Crippen molar-refractivity contribution in [2.75, 3.05) is 25.0 Å². The van der Waals surface area contributed by atoms with Gasteiger partial charge >= 0.3 is 6.18 Å². The lowest BCUT2D eigenvalue weighted by atomic mass is 10.1. The number of hydrogen-bond acceptors (Lipinski definition) is 6. The van der Waals surface area contributed by atoms with E-state index in [4.69, 9.17) is 16.3 Å². The maximum atomic E-state index is 13.6. The third-order valence-electron chi connectivity index (χ3n) is 6.38. The molecule has 0 aliphatic carbocycles. The summed E-state index contributed by atoms with van der Waals surface area (Å²) in [5, 5.41) is 1.38. The van der Waals surface area contributed by atoms with E-state index in [0.29, 0.717) is 19.0 Å². The molecule has 1 amide bonds. The lowest BCUT2D eigenvalue weighted by molar-refractivity contribution is -0.137. The Morgan fingerprint density at radius 2 is 1.93 bits per heavy atom. The van der Waals surface area contributed by atoms with Crippen LogP contribution in [-0.2, 0) is 16.2 Å². The minimum absolute atomic E-state index is 0.0173. The van der Waals surface area contributed by atoms with Gasteiger partial charge in [-0.25, -0.2) is 22.5 Å². The highest BCUT2D eigenvalue weighted by molar-refractivity contribution is 7.89. The number of nitrogens with zero attached hydrogens (tertiary/aromatic N) is 2. The number of amides is 1. The molecule has 8 nitrogen and oxygen atoms in total. The number of sulfonamides is 1. The van der Waals surface area contributed by atoms with Crippen molar-refractivity contribution in [2.45, 2.75) is 43.9 Å². The number of likely N-dealkylation sites (tertiary alicyclic amines) is 1. The summed E-state index contributed by atoms with van der Waals surface area (Å²) in [5.41, 5.74) is -1.31. The van der Waals surface area contributed by atoms with Crippen LogP contribution in [0.25, 0.3) is 0 Å². The first-order chi connectivity index (χ1) is 19.3. The van der Waals surface area contributed by atoms with Crippen molar-refractivity contribution in [3.8, 4) is 11.5 Å². The maximum absolute atomic E-state index is 13.6. The van der Waals surface area contributed by atoms with Crippen molar-refractivity contribution in [1.29, 1.82) is 0 Å². The van der Waals surface area contributed by atoms with Gasteiger partial charge in [-0.1, -0.05) is 18.5 Å². The Labute approximate surface area is 239 Å². The van der Waals surface area contributed by atoms with Gasteiger partial charge in [0.15, 0.2) is 5.03 Å². The van der Waals surface area contributed by atoms with Crippen LogP contribution in [0.3, 0.4) is 0 Å². The number of aromatic nitrogens is 1. The van der Waals surface area contributed by atoms with E-state index in [1.54, 1.807) is 0 Å². The molecule has 1 aromatic heterocycles. The van der Waals surface area contributed by atoms with Crippen LogP contribution < -0.4 is 14.8 Å². The standard InChI is InChI=1S/C27H27ClF4N4O4S/c1-3-9-36-10-7-19(15-36)35-41(38,39)25-12-18(6-8-33-25)34-26(37)20-13-22(28)21(27(30,31)32)14-24(20)40-23-5-4-17(29)11-16(23)2/h4-6,8,11-14,19,35H,3,7,9-10,15H2,1-2H3,(H,33,34,37)/t19-/m1/s1. The largest absolute Gasteiger partial charge is 0.456 e. The molecule has 1 aliphatic rings. The van der Waals surface area contributed by atoms with Crippen molar-refractivity contribution < 1.29 is 35.5 Å². The van der Waals surface area contributed by atoms with Crippen molar-refractivity contribution in [2.24, 2.45) is 0 Å². The minimum atomic E-state index is -4.85. The Morgan fingerprint density at radius 1 is 1.17 bits per heavy atom. The number of aryl methyl sites for hydroxylation is 1. The average molecular weight is 615 g/mol. The van der Waals surface area contributed by atoms with Crippen molar-refractivity contribution in [3.05, 3.63) is 76.2 Å². The summed E-state index contributed by atoms with van der Waals surface area (Å²) >= 11 is 5.88. The predicted molar refractivity (Wildman–Crippen MR) is 145 cm³/mol. The molecule has 2 heterocycles. The van der Waals surface area contributed by atoms with Crippen LogP contribution in [0.5, 0.6) is 11.5 Å². The molecule has 0 radical (unpaired) electrons. The molecule has 220 valence electrons. The first kappa shape index (κ1) is 30.7. The second-order valence-corrected chi connectivity index (χ2v) is 11.7. The van der Waals surface area contributed by atoms with Crippen molar-refractivity contribution in [1.82, 2.24) is 14.6 Å². The van der Waals surface area contributed by atoms with Gasteiger partial charge in [-0.15, -0.1) is 0 Å². The van der Waals surface area contributed by atoms with E-state index in [2.05, 4.69) is 19.9 Å². The highest BCUT2D eigenvalue weighted by Gasteiger charge is 2.35. The first-order valence-corrected chi connectivity index (χ1v) is 14.5. The lowest BCUT2D eigenvalue weighted by Crippen LogP contribution is -2.37. The van der Waals surface area contributed by atoms with Gasteiger partial charge in [0.25, 0.3) is 15.9 Å². The highest BCUT2D eigenvalue weighted by Crippen LogP contribution is 2.40. The Hall–Kier alpha value is -3.26. The van der Waals surface area contributed by atoms with Crippen molar-refractivity contribution in [3.63, 3.8) is 0 Å². The lowest BCUT2D eigenvalue weighted by Gasteiger charge is -2.17. The van der Waals surface area contributed by atoms with Gasteiger partial charge in [-0.3, -0.25) is 4.79 Å². The smallest absolute Gasteiger partial charge is 0.417 e. The zero-order valence-corrected chi connectivity index (χ0v) is 23.6. The van der Waals surface area contributed by atoms with E-state index in [1.807, 2.05) is 6.92 Å². The number of nitrogens with one attached hydrogen (secondary N) is 2. The van der Waals surface area contributed by atoms with E-state index >= 15 is 0 Å². The third-order valence-corrected chi connectivity index (χ3v) is 8.11. The number of alkyl halides is 3. The quantitative estimate of drug-likeness (QED) is 0.287. The van der Waals surface area contributed by atoms with Crippen LogP contribution in [0.4, 0.5) is 23.2 Å². The number of anilines is 1. The zero-order valence-electron chi connectivity index (χ0n) is 22.1. The Kier molecular flexibility index (Phi) is 9.22. The molecule has 4 rings (SSSR count). The molecule has 0 spiro atoms. The Morgan fingerprint density at radius 3 is 2.61 bits per heavy atom. The van der Waals surface area contributed by atoms with Crippen LogP contribution in [0, 0.1) is 12.7 Å². The SMILES string of the molecule is CCCN1CC[C@@H](NS(=O)(=O)c2cc(NC(=O)c3cc(Cl)c(C(F)(F)F)cc3Oc3ccc(F)cc3C)ccn2)C1. The van der Waals surface area contributed by atoms with Gasteiger partial charge in [0, 0.05) is 30.5 Å². The minimum Gasteiger partial charge on any atom is -0.456 e. The Balaban J connectivity index is 1.60. The molecular weight excluding hydrogens is 588 g/mol. The average Bonchev–Trinajstić information content (AvgIpc) is 3.32. The van der Waals surface area contributed by atoms with Gasteiger partial charge in [-0.05, 0) is 74.8 Å². The van der Waals surface area contributed by atoms with E-state index in [9.17, 15) is 30.8 Å². The molecule has 0 unspecified atom stereocenters. The summed E-state index contributed by atoms with van der Waals surface area (Å²) < 4.78 is 88.5. The van der Waals surface area contributed by atoms with Gasteiger partial charge in [-0.2, -0.15) is 13.2 Å². The molecule has 0 bridgehead atoms. The van der Waals surface area contributed by atoms with E-state index in [1.165, 1.54) is 25.3 Å². The molecule has 14 heteroatoms. The number of hydrogen-bond donors (Lipinski definition) is 2. The number of carbonyl (C=O) groups excluding carboxylic acids is 1. The molecule has 2 N–H and O–H groups in total. The topological polar surface area (TPSA) is 101 Å². The van der Waals surface area contributed by atoms with Gasteiger partial charge in [0.05, 0.1) is 16.1 Å². The second-order valence-electron chi connectivity index (χ2n) is 9.58.